The summed E-state index contributed by atoms with van der Waals surface area (Å²) in [5.41, 5.74) is 5.16. The van der Waals surface area contributed by atoms with Gasteiger partial charge >= 0.3 is 0 Å². The number of aromatic nitrogens is 1. The van der Waals surface area contributed by atoms with Crippen molar-refractivity contribution in [1.82, 2.24) is 10.3 Å². The van der Waals surface area contributed by atoms with E-state index in [2.05, 4.69) is 35.5 Å². The van der Waals surface area contributed by atoms with Gasteiger partial charge in [-0.25, -0.2) is 0 Å². The summed E-state index contributed by atoms with van der Waals surface area (Å²) in [7, 11) is 1.63. The summed E-state index contributed by atoms with van der Waals surface area (Å²) in [5.74, 6) is 0.349. The molecule has 1 aliphatic heterocycles. The van der Waals surface area contributed by atoms with Gasteiger partial charge in [-0.3, -0.25) is 14.6 Å². The fraction of sp³-hybridized carbons (Fsp3) is 0.167. The minimum atomic E-state index is -0.250. The third-order valence-corrected chi connectivity index (χ3v) is 6.31. The minimum Gasteiger partial charge on any atom is -0.497 e. The van der Waals surface area contributed by atoms with Crippen molar-refractivity contribution in [3.63, 3.8) is 0 Å². The fourth-order valence-electron chi connectivity index (χ4n) is 4.56. The second-order valence-corrected chi connectivity index (χ2v) is 9.54. The molecule has 0 saturated carbocycles. The molecule has 180 valence electrons. The lowest BCUT2D eigenvalue weighted by molar-refractivity contribution is 0.102. The first-order valence-corrected chi connectivity index (χ1v) is 11.8. The number of fused-ring (bicyclic) bond motifs is 2. The van der Waals surface area contributed by atoms with Crippen molar-refractivity contribution >= 4 is 34.0 Å². The fourth-order valence-corrected chi connectivity index (χ4v) is 4.56. The Morgan fingerprint density at radius 2 is 1.78 bits per heavy atom. The lowest BCUT2D eigenvalue weighted by Crippen LogP contribution is -2.43. The largest absolute Gasteiger partial charge is 0.497 e. The van der Waals surface area contributed by atoms with E-state index in [1.54, 1.807) is 43.6 Å². The van der Waals surface area contributed by atoms with E-state index in [9.17, 15) is 9.59 Å². The zero-order valence-corrected chi connectivity index (χ0v) is 20.5. The predicted molar refractivity (Wildman–Crippen MR) is 142 cm³/mol. The molecule has 6 heteroatoms. The highest BCUT2D eigenvalue weighted by atomic mass is 16.5. The highest BCUT2D eigenvalue weighted by Crippen LogP contribution is 2.32. The Morgan fingerprint density at radius 3 is 2.56 bits per heavy atom. The number of benzene rings is 3. The Hall–Kier alpha value is -4.45. The number of hydrogen-bond acceptors (Lipinski definition) is 5. The molecule has 1 aromatic heterocycles. The second kappa shape index (κ2) is 9.30. The number of methoxy groups -OCH3 is 1. The molecule has 4 aromatic rings. The van der Waals surface area contributed by atoms with Crippen LogP contribution in [0.1, 0.15) is 45.7 Å². The van der Waals surface area contributed by atoms with E-state index in [-0.39, 0.29) is 17.2 Å². The molecule has 0 aliphatic carbocycles. The van der Waals surface area contributed by atoms with Crippen LogP contribution in [-0.4, -0.2) is 29.3 Å². The molecule has 0 atom stereocenters. The van der Waals surface area contributed by atoms with Gasteiger partial charge < -0.3 is 15.4 Å². The maximum absolute atomic E-state index is 13.2. The highest BCUT2D eigenvalue weighted by molar-refractivity contribution is 6.11. The first-order valence-electron chi connectivity index (χ1n) is 11.8. The van der Waals surface area contributed by atoms with E-state index in [0.29, 0.717) is 16.8 Å². The number of pyridine rings is 1. The predicted octanol–water partition coefficient (Wildman–Crippen LogP) is 5.64. The van der Waals surface area contributed by atoms with Crippen LogP contribution in [0.2, 0.25) is 0 Å². The van der Waals surface area contributed by atoms with E-state index in [0.717, 1.165) is 39.9 Å². The molecule has 36 heavy (non-hydrogen) atoms. The zero-order chi connectivity index (χ0) is 25.3. The van der Waals surface area contributed by atoms with E-state index in [1.807, 2.05) is 42.5 Å². The molecule has 0 saturated heterocycles. The second-order valence-electron chi connectivity index (χ2n) is 9.54. The highest BCUT2D eigenvalue weighted by Gasteiger charge is 2.28. The van der Waals surface area contributed by atoms with Crippen LogP contribution >= 0.6 is 0 Å². The molecular formula is C30H27N3O3. The van der Waals surface area contributed by atoms with E-state index < -0.39 is 0 Å². The number of ketones is 1. The van der Waals surface area contributed by atoms with Crippen LogP contribution in [0.3, 0.4) is 0 Å². The van der Waals surface area contributed by atoms with Gasteiger partial charge in [0.15, 0.2) is 5.78 Å². The quantitative estimate of drug-likeness (QED) is 0.287. The van der Waals surface area contributed by atoms with Crippen molar-refractivity contribution in [2.24, 2.45) is 0 Å². The average Bonchev–Trinajstić information content (AvgIpc) is 2.88. The molecule has 5 rings (SSSR count). The number of ether oxygens (including phenoxy) is 1. The van der Waals surface area contributed by atoms with Gasteiger partial charge in [0.05, 0.1) is 18.3 Å². The van der Waals surface area contributed by atoms with Crippen LogP contribution < -0.4 is 15.4 Å². The number of anilines is 1. The van der Waals surface area contributed by atoms with E-state index in [4.69, 9.17) is 4.74 Å². The Balaban J connectivity index is 1.37. The zero-order valence-electron chi connectivity index (χ0n) is 20.5. The Labute approximate surface area is 210 Å². The molecular weight excluding hydrogens is 450 g/mol. The molecule has 2 N–H and O–H groups in total. The first kappa shape index (κ1) is 23.3. The smallest absolute Gasteiger partial charge is 0.255 e. The van der Waals surface area contributed by atoms with Gasteiger partial charge in [0, 0.05) is 45.6 Å². The van der Waals surface area contributed by atoms with E-state index >= 15 is 0 Å². The third kappa shape index (κ3) is 4.70. The van der Waals surface area contributed by atoms with Crippen molar-refractivity contribution in [1.29, 1.82) is 0 Å². The van der Waals surface area contributed by atoms with Crippen LogP contribution in [0.25, 0.3) is 16.6 Å². The van der Waals surface area contributed by atoms with Gasteiger partial charge in [0.1, 0.15) is 5.75 Å². The van der Waals surface area contributed by atoms with Crippen LogP contribution in [0, 0.1) is 0 Å². The number of amides is 1. The Bertz CT molecular complexity index is 1500. The molecule has 3 aromatic carbocycles. The number of rotatable bonds is 5. The molecule has 0 unspecified atom stereocenters. The third-order valence-electron chi connectivity index (χ3n) is 6.31. The van der Waals surface area contributed by atoms with Gasteiger partial charge in [-0.15, -0.1) is 0 Å². The van der Waals surface area contributed by atoms with Crippen LogP contribution in [0.15, 0.2) is 85.1 Å². The maximum Gasteiger partial charge on any atom is 0.255 e. The van der Waals surface area contributed by atoms with E-state index in [1.165, 1.54) is 0 Å². The molecule has 2 heterocycles. The van der Waals surface area contributed by atoms with Gasteiger partial charge in [0.2, 0.25) is 0 Å². The monoisotopic (exact) mass is 477 g/mol. The molecule has 0 spiro atoms. The minimum absolute atomic E-state index is 0.143. The standard InChI is InChI=1S/C30H27N3O3/c1-30(2)18-21-13-14-22(36-3)16-24(21)27(33-30)17-28(34)19-9-11-20(12-10-19)29(35)32-26-8-4-7-25-23(26)6-5-15-31-25/h4-17,33H,18H2,1-3H3,(H,32,35)/b27-17-. The van der Waals surface area contributed by atoms with Gasteiger partial charge in [0.25, 0.3) is 5.91 Å². The maximum atomic E-state index is 13.2. The molecule has 1 amide bonds. The summed E-state index contributed by atoms with van der Waals surface area (Å²) in [4.78, 5) is 30.4. The van der Waals surface area contributed by atoms with Crippen molar-refractivity contribution < 1.29 is 14.3 Å². The van der Waals surface area contributed by atoms with Crippen molar-refractivity contribution in [3.8, 4) is 5.75 Å². The van der Waals surface area contributed by atoms with Crippen molar-refractivity contribution in [3.05, 3.63) is 107 Å². The molecule has 0 fully saturated rings. The number of carbonyl (C=O) groups is 2. The SMILES string of the molecule is COc1ccc2c(c1)/C(=C/C(=O)c1ccc(C(=O)Nc3cccc4ncccc34)cc1)NC(C)(C)C2. The summed E-state index contributed by atoms with van der Waals surface area (Å²) in [6.45, 7) is 4.22. The topological polar surface area (TPSA) is 80.3 Å². The van der Waals surface area contributed by atoms with Crippen molar-refractivity contribution in [2.75, 3.05) is 12.4 Å². The molecule has 1 aliphatic rings. The number of allylic oxidation sites excluding steroid dienone is 1. The van der Waals surface area contributed by atoms with Crippen LogP contribution in [-0.2, 0) is 6.42 Å². The Kier molecular flexibility index (Phi) is 6.02. The number of hydrogen-bond donors (Lipinski definition) is 2. The first-order chi connectivity index (χ1) is 17.3. The molecule has 6 nitrogen and oxygen atoms in total. The molecule has 0 radical (unpaired) electrons. The summed E-state index contributed by atoms with van der Waals surface area (Å²) < 4.78 is 5.39. The number of nitrogens with zero attached hydrogens (tertiary/aromatic N) is 1. The molecule has 0 bridgehead atoms. The summed E-state index contributed by atoms with van der Waals surface area (Å²) in [6.07, 6.45) is 4.18. The van der Waals surface area contributed by atoms with Crippen molar-refractivity contribution in [2.45, 2.75) is 25.8 Å². The van der Waals surface area contributed by atoms with Gasteiger partial charge in [-0.1, -0.05) is 24.3 Å². The van der Waals surface area contributed by atoms with Gasteiger partial charge in [-0.05, 0) is 74.4 Å². The Morgan fingerprint density at radius 1 is 1.00 bits per heavy atom. The lowest BCUT2D eigenvalue weighted by atomic mass is 9.85. The number of carbonyl (C=O) groups excluding carboxylic acids is 2. The average molecular weight is 478 g/mol. The summed E-state index contributed by atoms with van der Waals surface area (Å²) in [6, 6.07) is 22.0. The summed E-state index contributed by atoms with van der Waals surface area (Å²) >= 11 is 0. The van der Waals surface area contributed by atoms with Gasteiger partial charge in [-0.2, -0.15) is 0 Å². The summed E-state index contributed by atoms with van der Waals surface area (Å²) in [5, 5.41) is 7.30. The van der Waals surface area contributed by atoms with Crippen LogP contribution in [0.5, 0.6) is 5.75 Å². The normalized spacial score (nSPS) is 15.1. The number of nitrogens with one attached hydrogen (secondary N) is 2. The lowest BCUT2D eigenvalue weighted by Gasteiger charge is -2.35. The van der Waals surface area contributed by atoms with Crippen LogP contribution in [0.4, 0.5) is 5.69 Å².